The lowest BCUT2D eigenvalue weighted by molar-refractivity contribution is 0.0702. The highest BCUT2D eigenvalue weighted by molar-refractivity contribution is 7.14. The Labute approximate surface area is 162 Å². The van der Waals surface area contributed by atoms with Crippen LogP contribution >= 0.6 is 11.3 Å². The van der Waals surface area contributed by atoms with Crippen molar-refractivity contribution in [1.82, 2.24) is 4.90 Å². The number of carboxylic acid groups (broad SMARTS) is 1. The van der Waals surface area contributed by atoms with Crippen molar-refractivity contribution in [3.63, 3.8) is 0 Å². The average Bonchev–Trinajstić information content (AvgIpc) is 3.01. The third-order valence-electron chi connectivity index (χ3n) is 6.07. The zero-order valence-electron chi connectivity index (χ0n) is 16.9. The number of aromatic carboxylic acids is 1. The highest BCUT2D eigenvalue weighted by Crippen LogP contribution is 2.43. The second-order valence-electron chi connectivity index (χ2n) is 9.36. The van der Waals surface area contributed by atoms with Crippen LogP contribution in [-0.4, -0.2) is 36.1 Å². The summed E-state index contributed by atoms with van der Waals surface area (Å²) in [7, 11) is 2.19. The molecule has 1 saturated carbocycles. The van der Waals surface area contributed by atoms with E-state index in [-0.39, 0.29) is 5.41 Å². The maximum absolute atomic E-state index is 12.0. The van der Waals surface area contributed by atoms with Crippen LogP contribution in [0, 0.1) is 11.8 Å². The number of likely N-dealkylation sites (N-methyl/N-ethyl adjacent to an activating group) is 1. The molecule has 1 aromatic rings. The second-order valence-corrected chi connectivity index (χ2v) is 10.4. The maximum Gasteiger partial charge on any atom is 0.346 e. The van der Waals surface area contributed by atoms with Gasteiger partial charge >= 0.3 is 5.97 Å². The summed E-state index contributed by atoms with van der Waals surface area (Å²) in [5.74, 6) is 0.687. The minimum absolute atomic E-state index is 0.0143. The molecule has 3 rings (SSSR count). The van der Waals surface area contributed by atoms with Gasteiger partial charge in [0.15, 0.2) is 0 Å². The van der Waals surface area contributed by atoms with Crippen LogP contribution in [0.5, 0.6) is 0 Å². The zero-order chi connectivity index (χ0) is 19.1. The Bertz CT molecular complexity index is 702. The second kappa shape index (κ2) is 7.47. The van der Waals surface area contributed by atoms with Crippen LogP contribution in [0.2, 0.25) is 0 Å². The molecule has 0 spiro atoms. The van der Waals surface area contributed by atoms with E-state index in [4.69, 9.17) is 0 Å². The molecule has 1 aromatic heterocycles. The predicted molar refractivity (Wildman–Crippen MR) is 110 cm³/mol. The van der Waals surface area contributed by atoms with Gasteiger partial charge in [0.05, 0.1) is 0 Å². The van der Waals surface area contributed by atoms with Gasteiger partial charge in [0.1, 0.15) is 4.88 Å². The molecule has 1 aliphatic carbocycles. The topological polar surface area (TPSA) is 40.5 Å². The van der Waals surface area contributed by atoms with Gasteiger partial charge in [-0.05, 0) is 60.8 Å². The molecule has 0 aromatic carbocycles. The molecule has 1 aliphatic heterocycles. The maximum atomic E-state index is 12.0. The first-order valence-corrected chi connectivity index (χ1v) is 10.8. The summed E-state index contributed by atoms with van der Waals surface area (Å²) >= 11 is 1.47. The van der Waals surface area contributed by atoms with Gasteiger partial charge < -0.3 is 10.0 Å². The lowest BCUT2D eigenvalue weighted by atomic mass is 9.75. The first-order chi connectivity index (χ1) is 12.2. The third-order valence-corrected chi connectivity index (χ3v) is 7.62. The fraction of sp³-hybridized carbons (Fsp3) is 0.682. The Balaban J connectivity index is 2.07. The van der Waals surface area contributed by atoms with Crippen molar-refractivity contribution >= 4 is 22.9 Å². The van der Waals surface area contributed by atoms with Crippen molar-refractivity contribution in [2.24, 2.45) is 11.8 Å². The van der Waals surface area contributed by atoms with Gasteiger partial charge in [0.25, 0.3) is 0 Å². The van der Waals surface area contributed by atoms with Crippen LogP contribution in [0.15, 0.2) is 11.6 Å². The Morgan fingerprint density at radius 1 is 1.23 bits per heavy atom. The van der Waals surface area contributed by atoms with Crippen LogP contribution in [0.25, 0.3) is 5.57 Å². The minimum Gasteiger partial charge on any atom is -0.477 e. The molecule has 0 radical (unpaired) electrons. The van der Waals surface area contributed by atoms with Gasteiger partial charge in [0, 0.05) is 23.5 Å². The van der Waals surface area contributed by atoms with Crippen LogP contribution in [0.1, 0.15) is 79.9 Å². The molecular formula is C22H33NO2S. The monoisotopic (exact) mass is 375 g/mol. The van der Waals surface area contributed by atoms with E-state index in [1.165, 1.54) is 53.0 Å². The van der Waals surface area contributed by atoms with Crippen molar-refractivity contribution in [3.8, 4) is 0 Å². The SMILES string of the molecule is CC1CCC(C2=C(c3cc(C(C)(C)C)sc3C(=O)O)CCN(C)C2)CC1. The van der Waals surface area contributed by atoms with Gasteiger partial charge in [-0.15, -0.1) is 11.3 Å². The Morgan fingerprint density at radius 2 is 1.88 bits per heavy atom. The van der Waals surface area contributed by atoms with E-state index in [2.05, 4.69) is 45.7 Å². The number of hydrogen-bond donors (Lipinski definition) is 1. The highest BCUT2D eigenvalue weighted by atomic mass is 32.1. The molecular weight excluding hydrogens is 342 g/mol. The Hall–Kier alpha value is -1.13. The van der Waals surface area contributed by atoms with E-state index in [1.807, 2.05) is 0 Å². The molecule has 1 N–H and O–H groups in total. The first kappa shape index (κ1) is 19.6. The number of rotatable bonds is 3. The summed E-state index contributed by atoms with van der Waals surface area (Å²) in [6, 6.07) is 2.18. The molecule has 4 heteroatoms. The quantitative estimate of drug-likeness (QED) is 0.741. The molecule has 0 atom stereocenters. The van der Waals surface area contributed by atoms with Gasteiger partial charge in [-0.2, -0.15) is 0 Å². The first-order valence-electron chi connectivity index (χ1n) is 9.95. The molecule has 26 heavy (non-hydrogen) atoms. The number of thiophene rings is 1. The normalized spacial score (nSPS) is 25.6. The number of carbonyl (C=O) groups is 1. The van der Waals surface area contributed by atoms with Gasteiger partial charge in [-0.25, -0.2) is 4.79 Å². The minimum atomic E-state index is -0.774. The van der Waals surface area contributed by atoms with Crippen molar-refractivity contribution < 1.29 is 9.90 Å². The van der Waals surface area contributed by atoms with Crippen molar-refractivity contribution in [3.05, 3.63) is 27.0 Å². The van der Waals surface area contributed by atoms with Crippen LogP contribution in [0.3, 0.4) is 0 Å². The summed E-state index contributed by atoms with van der Waals surface area (Å²) in [6.07, 6.45) is 6.08. The third kappa shape index (κ3) is 4.07. The summed E-state index contributed by atoms with van der Waals surface area (Å²) in [4.78, 5) is 16.1. The molecule has 144 valence electrons. The number of hydrogen-bond acceptors (Lipinski definition) is 3. The Kier molecular flexibility index (Phi) is 5.64. The van der Waals surface area contributed by atoms with Crippen molar-refractivity contribution in [2.75, 3.05) is 20.1 Å². The van der Waals surface area contributed by atoms with Gasteiger partial charge in [0.2, 0.25) is 0 Å². The van der Waals surface area contributed by atoms with Crippen molar-refractivity contribution in [2.45, 2.75) is 65.2 Å². The fourth-order valence-corrected chi connectivity index (χ4v) is 5.45. The molecule has 1 fully saturated rings. The van der Waals surface area contributed by atoms with Crippen LogP contribution in [-0.2, 0) is 5.41 Å². The van der Waals surface area contributed by atoms with E-state index >= 15 is 0 Å². The number of nitrogens with zero attached hydrogens (tertiary/aromatic N) is 1. The summed E-state index contributed by atoms with van der Waals surface area (Å²) < 4.78 is 0. The van der Waals surface area contributed by atoms with Gasteiger partial charge in [-0.3, -0.25) is 0 Å². The molecule has 2 aliphatic rings. The molecule has 3 nitrogen and oxygen atoms in total. The van der Waals surface area contributed by atoms with Crippen molar-refractivity contribution in [1.29, 1.82) is 0 Å². The van der Waals surface area contributed by atoms with E-state index in [1.54, 1.807) is 0 Å². The molecule has 0 bridgehead atoms. The molecule has 2 heterocycles. The molecule has 0 amide bonds. The van der Waals surface area contributed by atoms with Gasteiger partial charge in [-0.1, -0.05) is 40.5 Å². The lowest BCUT2D eigenvalue weighted by Gasteiger charge is -2.35. The van der Waals surface area contributed by atoms with Crippen LogP contribution < -0.4 is 0 Å². The van der Waals surface area contributed by atoms with E-state index in [0.29, 0.717) is 10.8 Å². The van der Waals surface area contributed by atoms with E-state index < -0.39 is 5.97 Å². The Morgan fingerprint density at radius 3 is 2.46 bits per heavy atom. The standard InChI is InChI=1S/C22H33NO2S/c1-14-6-8-15(9-7-14)18-13-23(5)11-10-16(18)17-12-19(22(2,3)4)26-20(17)21(24)25/h12,14-15H,6-11,13H2,1-5H3,(H,24,25). The summed E-state index contributed by atoms with van der Waals surface area (Å²) in [5.41, 5.74) is 3.85. The lowest BCUT2D eigenvalue weighted by Crippen LogP contribution is -2.31. The molecule has 0 unspecified atom stereocenters. The van der Waals surface area contributed by atoms with E-state index in [9.17, 15) is 9.90 Å². The average molecular weight is 376 g/mol. The van der Waals surface area contributed by atoms with Crippen LogP contribution in [0.4, 0.5) is 0 Å². The fourth-order valence-electron chi connectivity index (χ4n) is 4.36. The highest BCUT2D eigenvalue weighted by Gasteiger charge is 2.31. The van der Waals surface area contributed by atoms with E-state index in [0.717, 1.165) is 31.0 Å². The number of carboxylic acids is 1. The summed E-state index contributed by atoms with van der Waals surface area (Å²) in [6.45, 7) is 10.9. The zero-order valence-corrected chi connectivity index (χ0v) is 17.7. The largest absolute Gasteiger partial charge is 0.477 e. The summed E-state index contributed by atoms with van der Waals surface area (Å²) in [5, 5.41) is 9.84. The smallest absolute Gasteiger partial charge is 0.346 e. The molecule has 0 saturated heterocycles. The predicted octanol–water partition coefficient (Wildman–Crippen LogP) is 5.66.